The van der Waals surface area contributed by atoms with E-state index >= 15 is 0 Å². The number of hydrogen-bond donors (Lipinski definition) is 2. The molecule has 2 aromatic carbocycles. The first-order chi connectivity index (χ1) is 18.2. The summed E-state index contributed by atoms with van der Waals surface area (Å²) in [4.78, 5) is 31.5. The van der Waals surface area contributed by atoms with Crippen molar-refractivity contribution in [2.75, 3.05) is 25.1 Å². The number of hydrogen-bond acceptors (Lipinski definition) is 6. The van der Waals surface area contributed by atoms with Crippen LogP contribution in [0.1, 0.15) is 62.3 Å². The van der Waals surface area contributed by atoms with Gasteiger partial charge in [-0.15, -0.1) is 0 Å². The molecule has 1 amide bonds. The third-order valence-corrected chi connectivity index (χ3v) is 7.03. The summed E-state index contributed by atoms with van der Waals surface area (Å²) >= 11 is 0. The second kappa shape index (κ2) is 10.4. The van der Waals surface area contributed by atoms with Crippen LogP contribution in [-0.2, 0) is 4.74 Å². The molecule has 5 rings (SSSR count). The van der Waals surface area contributed by atoms with Gasteiger partial charge in [0.25, 0.3) is 0 Å². The number of imidazole rings is 1. The van der Waals surface area contributed by atoms with Crippen LogP contribution in [-0.4, -0.2) is 57.0 Å². The summed E-state index contributed by atoms with van der Waals surface area (Å²) in [5.74, 6) is 1.50. The number of ether oxygens (including phenoxy) is 2. The lowest BCUT2D eigenvalue weighted by Crippen LogP contribution is -2.43. The molecule has 0 aliphatic carbocycles. The minimum absolute atomic E-state index is 0.101. The molecule has 0 bridgehead atoms. The average Bonchev–Trinajstić information content (AvgIpc) is 3.29. The number of aromatic carboxylic acids is 1. The number of piperidine rings is 1. The minimum atomic E-state index is -1.03. The van der Waals surface area contributed by atoms with Gasteiger partial charge in [-0.05, 0) is 82.3 Å². The number of para-hydroxylation sites is 1. The number of likely N-dealkylation sites (tertiary alicyclic amines) is 1. The van der Waals surface area contributed by atoms with Gasteiger partial charge in [0.15, 0.2) is 5.69 Å². The van der Waals surface area contributed by atoms with E-state index < -0.39 is 11.6 Å². The molecular formula is C29H34N4O5. The number of carbonyl (C=O) groups excluding carboxylic acids is 1. The van der Waals surface area contributed by atoms with Gasteiger partial charge in [0.2, 0.25) is 0 Å². The van der Waals surface area contributed by atoms with E-state index in [1.165, 1.54) is 0 Å². The lowest BCUT2D eigenvalue weighted by atomic mass is 9.81. The van der Waals surface area contributed by atoms with Gasteiger partial charge >= 0.3 is 12.1 Å². The molecular weight excluding hydrogens is 484 g/mol. The van der Waals surface area contributed by atoms with E-state index in [1.807, 2.05) is 75.4 Å². The largest absolute Gasteiger partial charge is 0.476 e. The van der Waals surface area contributed by atoms with Crippen LogP contribution in [0.3, 0.4) is 0 Å². The first-order valence-corrected chi connectivity index (χ1v) is 13.1. The number of carboxylic acids is 1. The Hall–Kier alpha value is -4.01. The Bertz CT molecular complexity index is 1290. The maximum atomic E-state index is 12.5. The third kappa shape index (κ3) is 5.46. The van der Waals surface area contributed by atoms with E-state index in [0.717, 1.165) is 30.8 Å². The Labute approximate surface area is 222 Å². The van der Waals surface area contributed by atoms with Crippen molar-refractivity contribution in [3.05, 3.63) is 66.1 Å². The summed E-state index contributed by atoms with van der Waals surface area (Å²) in [7, 11) is 0. The number of carboxylic acid groups (broad SMARTS) is 1. The molecule has 38 heavy (non-hydrogen) atoms. The zero-order chi connectivity index (χ0) is 26.9. The normalized spacial score (nSPS) is 17.9. The first-order valence-electron chi connectivity index (χ1n) is 13.1. The number of rotatable bonds is 5. The average molecular weight is 519 g/mol. The van der Waals surface area contributed by atoms with Crippen LogP contribution in [0.4, 0.5) is 4.79 Å². The molecule has 3 aromatic rings. The molecule has 1 fully saturated rings. The molecule has 9 nitrogen and oxygen atoms in total. The van der Waals surface area contributed by atoms with Gasteiger partial charge in [0.1, 0.15) is 28.6 Å². The lowest BCUT2D eigenvalue weighted by Gasteiger charge is -2.38. The van der Waals surface area contributed by atoms with Gasteiger partial charge in [0.05, 0.1) is 0 Å². The summed E-state index contributed by atoms with van der Waals surface area (Å²) < 4.78 is 13.1. The Morgan fingerprint density at radius 1 is 0.974 bits per heavy atom. The molecule has 1 saturated heterocycles. The smallest absolute Gasteiger partial charge is 0.410 e. The highest BCUT2D eigenvalue weighted by molar-refractivity contribution is 5.93. The quantitative estimate of drug-likeness (QED) is 0.445. The van der Waals surface area contributed by atoms with E-state index in [-0.39, 0.29) is 17.7 Å². The van der Waals surface area contributed by atoms with Crippen molar-refractivity contribution in [2.45, 2.75) is 51.6 Å². The number of amides is 1. The monoisotopic (exact) mass is 518 g/mol. The highest BCUT2D eigenvalue weighted by Gasteiger charge is 2.37. The van der Waals surface area contributed by atoms with Crippen LogP contribution in [0.15, 0.2) is 54.6 Å². The summed E-state index contributed by atoms with van der Waals surface area (Å²) in [5.41, 5.74) is 3.99. The van der Waals surface area contributed by atoms with Crippen molar-refractivity contribution >= 4 is 12.1 Å². The highest BCUT2D eigenvalue weighted by Crippen LogP contribution is 2.39. The zero-order valence-corrected chi connectivity index (χ0v) is 22.0. The number of nitrogens with zero attached hydrogens (tertiary/aromatic N) is 3. The molecule has 0 saturated carbocycles. The standard InChI is InChI=1S/C29H34N4O5/c1-29(2,3)38-28(36)32-17-14-19(15-18-32)23-13-16-30-33-25(27(34)35)24(31-26(23)33)20-9-11-22(12-10-20)37-21-7-5-4-6-8-21/h4-12,19,23,30H,13-18H2,1-3H3,(H,34,35). The van der Waals surface area contributed by atoms with Crippen LogP contribution in [0.5, 0.6) is 11.5 Å². The van der Waals surface area contributed by atoms with Gasteiger partial charge in [-0.3, -0.25) is 0 Å². The molecule has 2 N–H and O–H groups in total. The molecule has 9 heteroatoms. The second-order valence-corrected chi connectivity index (χ2v) is 10.9. The molecule has 1 atom stereocenters. The Balaban J connectivity index is 1.36. The van der Waals surface area contributed by atoms with Gasteiger partial charge in [0, 0.05) is 31.1 Å². The summed E-state index contributed by atoms with van der Waals surface area (Å²) in [5, 5.41) is 10.1. The highest BCUT2D eigenvalue weighted by atomic mass is 16.6. The minimum Gasteiger partial charge on any atom is -0.476 e. The van der Waals surface area contributed by atoms with E-state index in [9.17, 15) is 14.7 Å². The summed E-state index contributed by atoms with van der Waals surface area (Å²) in [6, 6.07) is 16.8. The Kier molecular flexibility index (Phi) is 7.01. The number of fused-ring (bicyclic) bond motifs is 1. The van der Waals surface area contributed by atoms with Gasteiger partial charge in [-0.25, -0.2) is 19.2 Å². The van der Waals surface area contributed by atoms with E-state index in [1.54, 1.807) is 9.58 Å². The van der Waals surface area contributed by atoms with Crippen molar-refractivity contribution in [1.82, 2.24) is 14.6 Å². The molecule has 1 unspecified atom stereocenters. The molecule has 200 valence electrons. The van der Waals surface area contributed by atoms with Gasteiger partial charge in [-0.2, -0.15) is 0 Å². The van der Waals surface area contributed by atoms with Crippen molar-refractivity contribution in [2.24, 2.45) is 5.92 Å². The van der Waals surface area contributed by atoms with E-state index in [0.29, 0.717) is 42.6 Å². The second-order valence-electron chi connectivity index (χ2n) is 10.9. The van der Waals surface area contributed by atoms with Crippen molar-refractivity contribution < 1.29 is 24.2 Å². The fraction of sp³-hybridized carbons (Fsp3) is 0.414. The maximum Gasteiger partial charge on any atom is 0.410 e. The predicted molar refractivity (Wildman–Crippen MR) is 143 cm³/mol. The first kappa shape index (κ1) is 25.6. The van der Waals surface area contributed by atoms with Crippen molar-refractivity contribution in [1.29, 1.82) is 0 Å². The maximum absolute atomic E-state index is 12.5. The fourth-order valence-electron chi connectivity index (χ4n) is 5.27. The number of carbonyl (C=O) groups is 2. The molecule has 3 heterocycles. The van der Waals surface area contributed by atoms with Crippen molar-refractivity contribution in [3.8, 4) is 22.8 Å². The predicted octanol–water partition coefficient (Wildman–Crippen LogP) is 5.72. The zero-order valence-electron chi connectivity index (χ0n) is 22.0. The molecule has 0 radical (unpaired) electrons. The lowest BCUT2D eigenvalue weighted by molar-refractivity contribution is 0.0170. The molecule has 2 aliphatic rings. The van der Waals surface area contributed by atoms with Gasteiger partial charge < -0.3 is 24.9 Å². The fourth-order valence-corrected chi connectivity index (χ4v) is 5.27. The van der Waals surface area contributed by atoms with Crippen LogP contribution < -0.4 is 10.2 Å². The number of aromatic nitrogens is 2. The SMILES string of the molecule is CC(C)(C)OC(=O)N1CCC(C2CCNn3c2nc(-c2ccc(Oc4ccccc4)cc2)c3C(=O)O)CC1. The van der Waals surface area contributed by atoms with Crippen LogP contribution in [0.25, 0.3) is 11.3 Å². The van der Waals surface area contributed by atoms with Gasteiger partial charge in [-0.1, -0.05) is 18.2 Å². The molecule has 0 spiro atoms. The summed E-state index contributed by atoms with van der Waals surface area (Å²) in [6.07, 6.45) is 2.22. The third-order valence-electron chi connectivity index (χ3n) is 7.03. The molecule has 1 aromatic heterocycles. The topological polar surface area (TPSA) is 106 Å². The molecule has 2 aliphatic heterocycles. The van der Waals surface area contributed by atoms with Crippen LogP contribution >= 0.6 is 0 Å². The Morgan fingerprint density at radius 3 is 2.26 bits per heavy atom. The van der Waals surface area contributed by atoms with E-state index in [4.69, 9.17) is 14.5 Å². The van der Waals surface area contributed by atoms with Crippen LogP contribution in [0, 0.1) is 5.92 Å². The summed E-state index contributed by atoms with van der Waals surface area (Å²) in [6.45, 7) is 7.50. The Morgan fingerprint density at radius 2 is 1.63 bits per heavy atom. The van der Waals surface area contributed by atoms with Crippen LogP contribution in [0.2, 0.25) is 0 Å². The van der Waals surface area contributed by atoms with Crippen molar-refractivity contribution in [3.63, 3.8) is 0 Å². The van der Waals surface area contributed by atoms with E-state index in [2.05, 4.69) is 5.43 Å². The number of benzene rings is 2. The number of nitrogens with one attached hydrogen (secondary N) is 1.